The minimum atomic E-state index is 0.214. The van der Waals surface area contributed by atoms with Gasteiger partial charge < -0.3 is 4.90 Å². The molecule has 0 atom stereocenters. The minimum Gasteiger partial charge on any atom is -0.342 e. The third kappa shape index (κ3) is 3.83. The number of likely N-dealkylation sites (tertiary alicyclic amines) is 2. The van der Waals surface area contributed by atoms with Crippen molar-refractivity contribution in [1.82, 2.24) is 24.6 Å². The summed E-state index contributed by atoms with van der Waals surface area (Å²) in [7, 11) is 1.89. The lowest BCUT2D eigenvalue weighted by Crippen LogP contribution is -2.44. The van der Waals surface area contributed by atoms with Crippen molar-refractivity contribution in [2.75, 3.05) is 26.2 Å². The van der Waals surface area contributed by atoms with Gasteiger partial charge in [-0.2, -0.15) is 5.10 Å². The Morgan fingerprint density at radius 1 is 1.23 bits per heavy atom. The van der Waals surface area contributed by atoms with Crippen LogP contribution < -0.4 is 0 Å². The molecule has 0 N–H and O–H groups in total. The fraction of sp³-hybridized carbons (Fsp3) is 0.632. The third-order valence-corrected chi connectivity index (χ3v) is 6.67. The number of piperidine rings is 1. The molecular formula is C19H27N5OS. The van der Waals surface area contributed by atoms with E-state index >= 15 is 0 Å². The SMILES string of the molecule is Cc1nc(CN2CCC3(CCN(C(=O)Cc4ccn(C)n4)CC3)C2)cs1. The molecule has 0 radical (unpaired) electrons. The lowest BCUT2D eigenvalue weighted by atomic mass is 9.77. The smallest absolute Gasteiger partial charge is 0.228 e. The predicted molar refractivity (Wildman–Crippen MR) is 102 cm³/mol. The van der Waals surface area contributed by atoms with E-state index in [9.17, 15) is 4.79 Å². The van der Waals surface area contributed by atoms with Crippen LogP contribution in [0.3, 0.4) is 0 Å². The Bertz CT molecular complexity index is 774. The van der Waals surface area contributed by atoms with Crippen LogP contribution in [0.5, 0.6) is 0 Å². The van der Waals surface area contributed by atoms with Crippen LogP contribution in [0.2, 0.25) is 0 Å². The van der Waals surface area contributed by atoms with Crippen molar-refractivity contribution in [2.24, 2.45) is 12.5 Å². The van der Waals surface area contributed by atoms with E-state index in [2.05, 4.69) is 27.3 Å². The zero-order chi connectivity index (χ0) is 18.1. The fourth-order valence-corrected chi connectivity index (χ4v) is 4.94. The largest absolute Gasteiger partial charge is 0.342 e. The van der Waals surface area contributed by atoms with Gasteiger partial charge >= 0.3 is 0 Å². The number of amides is 1. The van der Waals surface area contributed by atoms with Gasteiger partial charge in [-0.25, -0.2) is 4.98 Å². The van der Waals surface area contributed by atoms with E-state index in [1.54, 1.807) is 16.0 Å². The number of aromatic nitrogens is 3. The number of rotatable bonds is 4. The number of hydrogen-bond acceptors (Lipinski definition) is 5. The summed E-state index contributed by atoms with van der Waals surface area (Å²) in [6.07, 6.45) is 5.80. The highest BCUT2D eigenvalue weighted by Gasteiger charge is 2.41. The van der Waals surface area contributed by atoms with E-state index < -0.39 is 0 Å². The quantitative estimate of drug-likeness (QED) is 0.825. The van der Waals surface area contributed by atoms with Gasteiger partial charge in [0.25, 0.3) is 0 Å². The summed E-state index contributed by atoms with van der Waals surface area (Å²) in [4.78, 5) is 21.7. The van der Waals surface area contributed by atoms with Crippen LogP contribution in [0.4, 0.5) is 0 Å². The predicted octanol–water partition coefficient (Wildman–Crippen LogP) is 2.24. The van der Waals surface area contributed by atoms with Gasteiger partial charge in [0, 0.05) is 44.8 Å². The van der Waals surface area contributed by atoms with Crippen LogP contribution in [0, 0.1) is 12.3 Å². The molecule has 0 saturated carbocycles. The molecule has 140 valence electrons. The maximum atomic E-state index is 12.5. The van der Waals surface area contributed by atoms with Crippen LogP contribution in [-0.2, 0) is 24.8 Å². The van der Waals surface area contributed by atoms with E-state index in [0.717, 1.165) is 56.3 Å². The summed E-state index contributed by atoms with van der Waals surface area (Å²) in [5.41, 5.74) is 2.46. The zero-order valence-corrected chi connectivity index (χ0v) is 16.5. The first-order valence-electron chi connectivity index (χ1n) is 9.41. The van der Waals surface area contributed by atoms with Crippen molar-refractivity contribution >= 4 is 17.2 Å². The van der Waals surface area contributed by atoms with Crippen LogP contribution in [0.25, 0.3) is 0 Å². The van der Waals surface area contributed by atoms with Gasteiger partial charge in [0.05, 0.1) is 22.8 Å². The highest BCUT2D eigenvalue weighted by Crippen LogP contribution is 2.40. The summed E-state index contributed by atoms with van der Waals surface area (Å²) >= 11 is 1.73. The van der Waals surface area contributed by atoms with Crippen molar-refractivity contribution in [3.05, 3.63) is 34.0 Å². The van der Waals surface area contributed by atoms with Gasteiger partial charge in [0.15, 0.2) is 0 Å². The van der Waals surface area contributed by atoms with Crippen LogP contribution in [0.1, 0.15) is 35.7 Å². The highest BCUT2D eigenvalue weighted by molar-refractivity contribution is 7.09. The molecule has 2 aromatic rings. The maximum Gasteiger partial charge on any atom is 0.228 e. The maximum absolute atomic E-state index is 12.5. The first-order valence-corrected chi connectivity index (χ1v) is 10.3. The molecule has 0 unspecified atom stereocenters. The summed E-state index contributed by atoms with van der Waals surface area (Å²) < 4.78 is 1.75. The van der Waals surface area contributed by atoms with Crippen molar-refractivity contribution in [3.63, 3.8) is 0 Å². The zero-order valence-electron chi connectivity index (χ0n) is 15.6. The highest BCUT2D eigenvalue weighted by atomic mass is 32.1. The van der Waals surface area contributed by atoms with Gasteiger partial charge in [-0.1, -0.05) is 0 Å². The Kier molecular flexibility index (Phi) is 4.84. The van der Waals surface area contributed by atoms with E-state index in [1.165, 1.54) is 12.1 Å². The molecule has 2 aliphatic heterocycles. The second-order valence-electron chi connectivity index (χ2n) is 7.86. The second kappa shape index (κ2) is 7.12. The molecule has 0 bridgehead atoms. The average Bonchev–Trinajstić information content (AvgIpc) is 3.31. The Morgan fingerprint density at radius 3 is 2.65 bits per heavy atom. The number of aryl methyl sites for hydroxylation is 2. The second-order valence-corrected chi connectivity index (χ2v) is 8.92. The molecule has 0 aliphatic carbocycles. The number of thiazole rings is 1. The van der Waals surface area contributed by atoms with Crippen LogP contribution in [0.15, 0.2) is 17.6 Å². The number of nitrogens with zero attached hydrogens (tertiary/aromatic N) is 5. The summed E-state index contributed by atoms with van der Waals surface area (Å²) in [6, 6.07) is 1.93. The normalized spacial score (nSPS) is 20.2. The van der Waals surface area contributed by atoms with Gasteiger partial charge in [0.2, 0.25) is 5.91 Å². The van der Waals surface area contributed by atoms with E-state index in [4.69, 9.17) is 0 Å². The van der Waals surface area contributed by atoms with Gasteiger partial charge in [-0.05, 0) is 44.2 Å². The monoisotopic (exact) mass is 373 g/mol. The summed E-state index contributed by atoms with van der Waals surface area (Å²) in [5.74, 6) is 0.214. The first kappa shape index (κ1) is 17.7. The number of carbonyl (C=O) groups excluding carboxylic acids is 1. The fourth-order valence-electron chi connectivity index (χ4n) is 4.34. The van der Waals surface area contributed by atoms with Crippen molar-refractivity contribution in [1.29, 1.82) is 0 Å². The van der Waals surface area contributed by atoms with E-state index in [0.29, 0.717) is 11.8 Å². The molecule has 6 nitrogen and oxygen atoms in total. The lowest BCUT2D eigenvalue weighted by Gasteiger charge is -2.39. The molecule has 2 saturated heterocycles. The van der Waals surface area contributed by atoms with Gasteiger partial charge in [-0.3, -0.25) is 14.4 Å². The van der Waals surface area contributed by atoms with E-state index in [1.807, 2.05) is 24.2 Å². The Labute approximate surface area is 158 Å². The van der Waals surface area contributed by atoms with Crippen molar-refractivity contribution in [3.8, 4) is 0 Å². The Hall–Kier alpha value is -1.73. The van der Waals surface area contributed by atoms with Gasteiger partial charge in [-0.15, -0.1) is 11.3 Å². The molecule has 7 heteroatoms. The molecule has 4 rings (SSSR count). The molecule has 26 heavy (non-hydrogen) atoms. The summed E-state index contributed by atoms with van der Waals surface area (Å²) in [6.45, 7) is 7.10. The molecule has 2 aliphatic rings. The summed E-state index contributed by atoms with van der Waals surface area (Å²) in [5, 5.41) is 7.65. The van der Waals surface area contributed by atoms with Crippen molar-refractivity contribution in [2.45, 2.75) is 39.2 Å². The van der Waals surface area contributed by atoms with Crippen LogP contribution in [-0.4, -0.2) is 56.7 Å². The number of carbonyl (C=O) groups is 1. The van der Waals surface area contributed by atoms with E-state index in [-0.39, 0.29) is 5.91 Å². The number of hydrogen-bond donors (Lipinski definition) is 0. The topological polar surface area (TPSA) is 54.3 Å². The molecule has 0 aromatic carbocycles. The molecule has 1 spiro atoms. The molecule has 2 fully saturated rings. The standard InChI is InChI=1S/C19H27N5OS/c1-15-20-17(13-26-15)12-23-8-4-19(14-23)5-9-24(10-6-19)18(25)11-16-3-7-22(2)21-16/h3,7,13H,4-6,8-12,14H2,1-2H3. The van der Waals surface area contributed by atoms with Gasteiger partial charge in [0.1, 0.15) is 0 Å². The molecule has 4 heterocycles. The minimum absolute atomic E-state index is 0.214. The molecule has 2 aromatic heterocycles. The average molecular weight is 374 g/mol. The first-order chi connectivity index (χ1) is 12.5. The Balaban J connectivity index is 1.28. The Morgan fingerprint density at radius 2 is 2.00 bits per heavy atom. The third-order valence-electron chi connectivity index (χ3n) is 5.85. The lowest BCUT2D eigenvalue weighted by molar-refractivity contribution is -0.132. The molecule has 1 amide bonds. The molecular weight excluding hydrogens is 346 g/mol. The van der Waals surface area contributed by atoms with Crippen LogP contribution >= 0.6 is 11.3 Å². The van der Waals surface area contributed by atoms with Crippen molar-refractivity contribution < 1.29 is 4.79 Å².